The first kappa shape index (κ1) is 34.0. The molecule has 1 aromatic heterocycles. The van der Waals surface area contributed by atoms with E-state index in [2.05, 4.69) is 72.4 Å². The van der Waals surface area contributed by atoms with E-state index < -0.39 is 5.66 Å². The highest BCUT2D eigenvalue weighted by Gasteiger charge is 2.52. The van der Waals surface area contributed by atoms with E-state index >= 15 is 0 Å². The first-order valence-corrected chi connectivity index (χ1v) is 16.9. The van der Waals surface area contributed by atoms with Crippen LogP contribution < -0.4 is 5.32 Å². The van der Waals surface area contributed by atoms with E-state index in [0.29, 0.717) is 51.6 Å². The molecule has 1 unspecified atom stereocenters. The lowest BCUT2D eigenvalue weighted by Gasteiger charge is -2.47. The summed E-state index contributed by atoms with van der Waals surface area (Å²) in [6.07, 6.45) is 5.67. The molecule has 2 heterocycles. The predicted molar refractivity (Wildman–Crippen MR) is 182 cm³/mol. The van der Waals surface area contributed by atoms with Crippen LogP contribution in [0, 0.1) is 16.7 Å². The molecule has 1 aliphatic carbocycles. The second-order valence-corrected chi connectivity index (χ2v) is 15.9. The first-order valence-electron chi connectivity index (χ1n) is 16.2. The Morgan fingerprint density at radius 2 is 1.70 bits per heavy atom. The number of nitrogens with one attached hydrogen (secondary N) is 2. The Labute approximate surface area is 281 Å². The molecule has 0 bridgehead atoms. The number of hydrogen-bond acceptors (Lipinski definition) is 6. The van der Waals surface area contributed by atoms with E-state index in [9.17, 15) is 9.59 Å². The molecule has 0 saturated heterocycles. The summed E-state index contributed by atoms with van der Waals surface area (Å²) in [4.78, 5) is 34.9. The Morgan fingerprint density at radius 3 is 2.26 bits per heavy atom. The first-order chi connectivity index (χ1) is 21.6. The monoisotopic (exact) mass is 665 g/mol. The molecule has 1 saturated carbocycles. The van der Waals surface area contributed by atoms with Gasteiger partial charge in [-0.1, -0.05) is 82.1 Å². The molecule has 11 heteroatoms. The quantitative estimate of drug-likeness (QED) is 0.244. The molecule has 2 aliphatic rings. The summed E-state index contributed by atoms with van der Waals surface area (Å²) in [5, 5.41) is 17.7. The van der Waals surface area contributed by atoms with E-state index in [1.54, 1.807) is 18.2 Å². The number of aromatic amines is 1. The maximum atomic E-state index is 14.6. The Morgan fingerprint density at radius 1 is 1.04 bits per heavy atom. The molecular weight excluding hydrogens is 621 g/mol. The van der Waals surface area contributed by atoms with Crippen molar-refractivity contribution in [2.75, 3.05) is 6.54 Å². The predicted octanol–water partition coefficient (Wildman–Crippen LogP) is 7.61. The maximum absolute atomic E-state index is 14.6. The smallest absolute Gasteiger partial charge is 0.275 e. The number of amides is 2. The highest BCUT2D eigenvalue weighted by molar-refractivity contribution is 6.47. The van der Waals surface area contributed by atoms with E-state index in [1.807, 2.05) is 24.3 Å². The van der Waals surface area contributed by atoms with Crippen LogP contribution in [0.1, 0.15) is 113 Å². The average Bonchev–Trinajstić information content (AvgIpc) is 3.59. The van der Waals surface area contributed by atoms with Crippen molar-refractivity contribution in [2.24, 2.45) is 21.7 Å². The number of nitrogens with zero attached hydrogens (tertiary/aromatic N) is 5. The SMILES string of the molecule is CC(C)(C)CCC(c1ccc(C(=O)NCCc2nn[nH]n2)cc1)N1C(=O)C(c2cc(Cl)cc(Cl)c2)=NC12CCC(C(C)(C)C)CC2. The van der Waals surface area contributed by atoms with Gasteiger partial charge in [-0.15, -0.1) is 10.2 Å². The van der Waals surface area contributed by atoms with Crippen molar-refractivity contribution in [1.82, 2.24) is 30.8 Å². The van der Waals surface area contributed by atoms with Crippen molar-refractivity contribution in [3.63, 3.8) is 0 Å². The van der Waals surface area contributed by atoms with Gasteiger partial charge in [0.2, 0.25) is 0 Å². The van der Waals surface area contributed by atoms with Gasteiger partial charge in [0.05, 0.1) is 6.04 Å². The van der Waals surface area contributed by atoms with Crippen molar-refractivity contribution in [3.8, 4) is 0 Å². The molecule has 1 spiro atoms. The van der Waals surface area contributed by atoms with Crippen molar-refractivity contribution in [1.29, 1.82) is 0 Å². The molecule has 46 heavy (non-hydrogen) atoms. The van der Waals surface area contributed by atoms with Crippen LogP contribution in [0.4, 0.5) is 0 Å². The Hall–Kier alpha value is -3.30. The molecule has 1 fully saturated rings. The van der Waals surface area contributed by atoms with Crippen molar-refractivity contribution in [3.05, 3.63) is 75.0 Å². The number of aliphatic imine (C=N–C) groups is 1. The molecule has 0 radical (unpaired) electrons. The van der Waals surface area contributed by atoms with Gasteiger partial charge < -0.3 is 10.2 Å². The molecule has 1 aliphatic heterocycles. The van der Waals surface area contributed by atoms with Crippen LogP contribution in [-0.4, -0.2) is 55.3 Å². The van der Waals surface area contributed by atoms with Crippen LogP contribution in [-0.2, 0) is 11.2 Å². The number of H-pyrrole nitrogens is 1. The van der Waals surface area contributed by atoms with Gasteiger partial charge in [0.25, 0.3) is 11.8 Å². The van der Waals surface area contributed by atoms with Crippen LogP contribution >= 0.6 is 23.2 Å². The third-order valence-electron chi connectivity index (χ3n) is 9.40. The second kappa shape index (κ2) is 13.4. The molecule has 9 nitrogen and oxygen atoms in total. The maximum Gasteiger partial charge on any atom is 0.275 e. The largest absolute Gasteiger partial charge is 0.352 e. The number of benzene rings is 2. The number of aromatic nitrogens is 4. The van der Waals surface area contributed by atoms with E-state index in [-0.39, 0.29) is 28.7 Å². The molecule has 2 N–H and O–H groups in total. The summed E-state index contributed by atoms with van der Waals surface area (Å²) >= 11 is 12.8. The fraction of sp³-hybridized carbons (Fsp3) is 0.543. The van der Waals surface area contributed by atoms with Crippen LogP contribution in [0.5, 0.6) is 0 Å². The van der Waals surface area contributed by atoms with Gasteiger partial charge in [-0.3, -0.25) is 14.6 Å². The minimum absolute atomic E-state index is 0.0563. The second-order valence-electron chi connectivity index (χ2n) is 15.0. The third kappa shape index (κ3) is 7.80. The van der Waals surface area contributed by atoms with Gasteiger partial charge in [-0.25, -0.2) is 0 Å². The molecule has 1 atom stereocenters. The number of carbonyl (C=O) groups excluding carboxylic acids is 2. The normalized spacial score (nSPS) is 21.0. The number of hydrogen-bond donors (Lipinski definition) is 2. The standard InChI is InChI=1S/C35H45Cl2N7O2/c1-33(2,3)15-13-28(22-7-9-23(10-8-22)31(45)38-18-14-29-40-42-43-41-29)44-32(46)30(24-19-26(36)21-27(37)20-24)39-35(44)16-11-25(12-17-35)34(4,5)6/h7-10,19-21,25,28H,11-18H2,1-6H3,(H,38,45)(H,40,41,42,43). The highest BCUT2D eigenvalue weighted by atomic mass is 35.5. The molecular formula is C35H45Cl2N7O2. The van der Waals surface area contributed by atoms with Crippen LogP contribution in [0.3, 0.4) is 0 Å². The van der Waals surface area contributed by atoms with Gasteiger partial charge in [0.1, 0.15) is 11.4 Å². The van der Waals surface area contributed by atoms with Crippen LogP contribution in [0.2, 0.25) is 10.0 Å². The Kier molecular flexibility index (Phi) is 9.94. The Bertz CT molecular complexity index is 1550. The van der Waals surface area contributed by atoms with Crippen LogP contribution in [0.25, 0.3) is 0 Å². The summed E-state index contributed by atoms with van der Waals surface area (Å²) in [6.45, 7) is 13.9. The minimum Gasteiger partial charge on any atom is -0.352 e. The zero-order chi connectivity index (χ0) is 33.3. The summed E-state index contributed by atoms with van der Waals surface area (Å²) in [7, 11) is 0. The Balaban J connectivity index is 1.48. The third-order valence-corrected chi connectivity index (χ3v) is 9.83. The summed E-state index contributed by atoms with van der Waals surface area (Å²) in [6, 6.07) is 12.6. The van der Waals surface area contributed by atoms with Gasteiger partial charge in [0.15, 0.2) is 5.82 Å². The van der Waals surface area contributed by atoms with E-state index in [1.165, 1.54) is 0 Å². The van der Waals surface area contributed by atoms with Gasteiger partial charge in [-0.2, -0.15) is 5.21 Å². The fourth-order valence-corrected chi connectivity index (χ4v) is 7.30. The fourth-order valence-electron chi connectivity index (χ4n) is 6.77. The zero-order valence-corrected chi connectivity index (χ0v) is 29.2. The minimum atomic E-state index is -0.670. The summed E-state index contributed by atoms with van der Waals surface area (Å²) < 4.78 is 0. The summed E-state index contributed by atoms with van der Waals surface area (Å²) in [5.74, 6) is 0.800. The van der Waals surface area contributed by atoms with E-state index in [4.69, 9.17) is 28.2 Å². The van der Waals surface area contributed by atoms with Gasteiger partial charge in [0, 0.05) is 34.1 Å². The number of carbonyl (C=O) groups is 2. The highest BCUT2D eigenvalue weighted by Crippen LogP contribution is 2.50. The zero-order valence-electron chi connectivity index (χ0n) is 27.7. The number of rotatable bonds is 9. The lowest BCUT2D eigenvalue weighted by molar-refractivity contribution is -0.134. The molecule has 3 aromatic rings. The van der Waals surface area contributed by atoms with Crippen LogP contribution in [0.15, 0.2) is 47.5 Å². The van der Waals surface area contributed by atoms with Crippen molar-refractivity contribution >= 4 is 40.7 Å². The number of halogens is 2. The molecule has 2 aromatic carbocycles. The molecule has 2 amide bonds. The van der Waals surface area contributed by atoms with Gasteiger partial charge in [-0.05, 0) is 91.2 Å². The lowest BCUT2D eigenvalue weighted by Crippen LogP contribution is -2.51. The lowest BCUT2D eigenvalue weighted by atomic mass is 9.69. The van der Waals surface area contributed by atoms with Gasteiger partial charge >= 0.3 is 0 Å². The number of tetrazole rings is 1. The topological polar surface area (TPSA) is 116 Å². The van der Waals surface area contributed by atoms with Crippen molar-refractivity contribution < 1.29 is 9.59 Å². The average molecular weight is 667 g/mol. The van der Waals surface area contributed by atoms with Crippen molar-refractivity contribution in [2.45, 2.75) is 98.2 Å². The van der Waals surface area contributed by atoms with E-state index in [0.717, 1.165) is 44.1 Å². The summed E-state index contributed by atoms with van der Waals surface area (Å²) in [5.41, 5.74) is 2.15. The molecule has 5 rings (SSSR count). The molecule has 246 valence electrons.